The molecular weight excluding hydrogens is 254 g/mol. The Morgan fingerprint density at radius 3 is 2.80 bits per heavy atom. The van der Waals surface area contributed by atoms with Gasteiger partial charge in [-0.05, 0) is 30.5 Å². The van der Waals surface area contributed by atoms with E-state index in [-0.39, 0.29) is 5.91 Å². The molecule has 0 aliphatic carbocycles. The van der Waals surface area contributed by atoms with Crippen molar-refractivity contribution >= 4 is 11.6 Å². The first-order valence-electron chi connectivity index (χ1n) is 6.59. The lowest BCUT2D eigenvalue weighted by atomic mass is 10.0. The first-order chi connectivity index (χ1) is 9.56. The molecule has 1 atom stereocenters. The fraction of sp³-hybridized carbons (Fsp3) is 0.357. The van der Waals surface area contributed by atoms with Crippen molar-refractivity contribution in [1.82, 2.24) is 14.8 Å². The lowest BCUT2D eigenvalue weighted by molar-refractivity contribution is -0.117. The normalized spacial score (nSPS) is 12.4. The number of carbonyl (C=O) groups excluding carboxylic acids is 1. The van der Waals surface area contributed by atoms with Crippen LogP contribution in [0.25, 0.3) is 5.82 Å². The summed E-state index contributed by atoms with van der Waals surface area (Å²) in [6.45, 7) is 4.07. The molecule has 106 valence electrons. The van der Waals surface area contributed by atoms with Gasteiger partial charge in [0.15, 0.2) is 5.82 Å². The molecular formula is C14H19N5O. The number of hydrogen-bond acceptors (Lipinski definition) is 4. The Balaban J connectivity index is 1.99. The molecule has 0 spiro atoms. The molecule has 6 heteroatoms. The number of nitrogens with one attached hydrogen (secondary N) is 1. The van der Waals surface area contributed by atoms with Crippen LogP contribution in [0.2, 0.25) is 0 Å². The van der Waals surface area contributed by atoms with Gasteiger partial charge in [0.1, 0.15) is 0 Å². The van der Waals surface area contributed by atoms with Gasteiger partial charge in [-0.2, -0.15) is 5.10 Å². The second-order valence-electron chi connectivity index (χ2n) is 5.08. The van der Waals surface area contributed by atoms with Gasteiger partial charge >= 0.3 is 0 Å². The van der Waals surface area contributed by atoms with E-state index in [0.29, 0.717) is 23.8 Å². The highest BCUT2D eigenvalue weighted by Gasteiger charge is 2.15. The van der Waals surface area contributed by atoms with Crippen molar-refractivity contribution in [2.75, 3.05) is 5.32 Å². The maximum atomic E-state index is 11.9. The molecule has 0 aliphatic rings. The minimum absolute atomic E-state index is 0.188. The quantitative estimate of drug-likeness (QED) is 0.866. The van der Waals surface area contributed by atoms with Crippen molar-refractivity contribution < 1.29 is 4.79 Å². The Kier molecular flexibility index (Phi) is 4.47. The zero-order valence-corrected chi connectivity index (χ0v) is 11.7. The molecule has 0 bridgehead atoms. The van der Waals surface area contributed by atoms with Gasteiger partial charge in [0.2, 0.25) is 5.91 Å². The molecule has 2 rings (SSSR count). The SMILES string of the molecule is CC(C)C[C@@H](N)C(=O)Nc1ccc(-n2cccn2)nc1. The van der Waals surface area contributed by atoms with E-state index in [1.807, 2.05) is 19.9 Å². The Bertz CT molecular complexity index is 547. The lowest BCUT2D eigenvalue weighted by Gasteiger charge is -2.14. The smallest absolute Gasteiger partial charge is 0.241 e. The molecule has 0 aliphatic heterocycles. The summed E-state index contributed by atoms with van der Waals surface area (Å²) in [6.07, 6.45) is 5.74. The highest BCUT2D eigenvalue weighted by Crippen LogP contribution is 2.10. The van der Waals surface area contributed by atoms with Gasteiger partial charge in [-0.3, -0.25) is 4.79 Å². The Hall–Kier alpha value is -2.21. The first-order valence-corrected chi connectivity index (χ1v) is 6.59. The third-order valence-electron chi connectivity index (χ3n) is 2.82. The van der Waals surface area contributed by atoms with E-state index in [1.54, 1.807) is 35.4 Å². The standard InChI is InChI=1S/C14H19N5O/c1-10(2)8-12(15)14(20)18-11-4-5-13(16-9-11)19-7-3-6-17-19/h3-7,9-10,12H,8,15H2,1-2H3,(H,18,20)/t12-/m1/s1. The van der Waals surface area contributed by atoms with Crippen LogP contribution in [0.1, 0.15) is 20.3 Å². The van der Waals surface area contributed by atoms with E-state index < -0.39 is 6.04 Å². The van der Waals surface area contributed by atoms with Gasteiger partial charge in [0.25, 0.3) is 0 Å². The molecule has 6 nitrogen and oxygen atoms in total. The van der Waals surface area contributed by atoms with Crippen molar-refractivity contribution in [2.45, 2.75) is 26.3 Å². The molecule has 0 saturated heterocycles. The van der Waals surface area contributed by atoms with Crippen molar-refractivity contribution in [2.24, 2.45) is 11.7 Å². The minimum atomic E-state index is -0.499. The van der Waals surface area contributed by atoms with Crippen LogP contribution in [-0.4, -0.2) is 26.7 Å². The number of aromatic nitrogens is 3. The third-order valence-corrected chi connectivity index (χ3v) is 2.82. The van der Waals surface area contributed by atoms with Gasteiger partial charge in [0.05, 0.1) is 17.9 Å². The number of hydrogen-bond donors (Lipinski definition) is 2. The summed E-state index contributed by atoms with van der Waals surface area (Å²) >= 11 is 0. The van der Waals surface area contributed by atoms with Crippen molar-refractivity contribution in [3.05, 3.63) is 36.8 Å². The van der Waals surface area contributed by atoms with Gasteiger partial charge in [-0.15, -0.1) is 0 Å². The van der Waals surface area contributed by atoms with Crippen LogP contribution in [-0.2, 0) is 4.79 Å². The number of nitrogens with two attached hydrogens (primary N) is 1. The Morgan fingerprint density at radius 1 is 1.45 bits per heavy atom. The molecule has 0 radical (unpaired) electrons. The van der Waals surface area contributed by atoms with E-state index in [0.717, 1.165) is 0 Å². The highest BCUT2D eigenvalue weighted by molar-refractivity contribution is 5.94. The topological polar surface area (TPSA) is 85.8 Å². The summed E-state index contributed by atoms with van der Waals surface area (Å²) in [5.41, 5.74) is 6.46. The van der Waals surface area contributed by atoms with Crippen LogP contribution < -0.4 is 11.1 Å². The van der Waals surface area contributed by atoms with Crippen molar-refractivity contribution in [3.63, 3.8) is 0 Å². The first kappa shape index (κ1) is 14.2. The largest absolute Gasteiger partial charge is 0.323 e. The summed E-state index contributed by atoms with van der Waals surface area (Å²) in [5.74, 6) is 0.892. The molecule has 20 heavy (non-hydrogen) atoms. The van der Waals surface area contributed by atoms with E-state index in [9.17, 15) is 4.79 Å². The molecule has 3 N–H and O–H groups in total. The zero-order valence-electron chi connectivity index (χ0n) is 11.7. The van der Waals surface area contributed by atoms with E-state index in [2.05, 4.69) is 15.4 Å². The molecule has 2 heterocycles. The number of pyridine rings is 1. The summed E-state index contributed by atoms with van der Waals surface area (Å²) in [7, 11) is 0. The maximum Gasteiger partial charge on any atom is 0.241 e. The molecule has 0 saturated carbocycles. The number of anilines is 1. The predicted molar refractivity (Wildman–Crippen MR) is 77.4 cm³/mol. The molecule has 2 aromatic rings. The van der Waals surface area contributed by atoms with E-state index >= 15 is 0 Å². The van der Waals surface area contributed by atoms with Crippen molar-refractivity contribution in [1.29, 1.82) is 0 Å². The van der Waals surface area contributed by atoms with Crippen LogP contribution >= 0.6 is 0 Å². The number of amides is 1. The average Bonchev–Trinajstić information content (AvgIpc) is 2.92. The lowest BCUT2D eigenvalue weighted by Crippen LogP contribution is -2.36. The van der Waals surface area contributed by atoms with E-state index in [4.69, 9.17) is 5.73 Å². The number of rotatable bonds is 5. The molecule has 0 unspecified atom stereocenters. The summed E-state index contributed by atoms with van der Waals surface area (Å²) < 4.78 is 1.65. The second kappa shape index (κ2) is 6.29. The van der Waals surface area contributed by atoms with E-state index in [1.165, 1.54) is 0 Å². The van der Waals surface area contributed by atoms with Gasteiger partial charge in [0, 0.05) is 12.4 Å². The summed E-state index contributed by atoms with van der Waals surface area (Å²) in [6, 6.07) is 4.89. The molecule has 0 aromatic carbocycles. The van der Waals surface area contributed by atoms with Gasteiger partial charge in [-0.1, -0.05) is 13.8 Å². The Morgan fingerprint density at radius 2 is 2.25 bits per heavy atom. The van der Waals surface area contributed by atoms with Crippen LogP contribution in [0.15, 0.2) is 36.8 Å². The molecule has 1 amide bonds. The predicted octanol–water partition coefficient (Wildman–Crippen LogP) is 1.58. The summed E-state index contributed by atoms with van der Waals surface area (Å²) in [5, 5.41) is 6.85. The fourth-order valence-electron chi connectivity index (χ4n) is 1.85. The number of nitrogens with zero attached hydrogens (tertiary/aromatic N) is 3. The van der Waals surface area contributed by atoms with Crippen LogP contribution in [0.3, 0.4) is 0 Å². The van der Waals surface area contributed by atoms with Crippen LogP contribution in [0, 0.1) is 5.92 Å². The molecule has 2 aromatic heterocycles. The second-order valence-corrected chi connectivity index (χ2v) is 5.08. The van der Waals surface area contributed by atoms with Gasteiger partial charge < -0.3 is 11.1 Å². The zero-order chi connectivity index (χ0) is 14.5. The highest BCUT2D eigenvalue weighted by atomic mass is 16.2. The summed E-state index contributed by atoms with van der Waals surface area (Å²) in [4.78, 5) is 16.1. The van der Waals surface area contributed by atoms with Crippen LogP contribution in [0.5, 0.6) is 0 Å². The fourth-order valence-corrected chi connectivity index (χ4v) is 1.85. The van der Waals surface area contributed by atoms with Crippen LogP contribution in [0.4, 0.5) is 5.69 Å². The average molecular weight is 273 g/mol. The van der Waals surface area contributed by atoms with Gasteiger partial charge in [-0.25, -0.2) is 9.67 Å². The maximum absolute atomic E-state index is 11.9. The Labute approximate surface area is 118 Å². The monoisotopic (exact) mass is 273 g/mol. The number of carbonyl (C=O) groups is 1. The van der Waals surface area contributed by atoms with Crippen molar-refractivity contribution in [3.8, 4) is 5.82 Å². The third kappa shape index (κ3) is 3.64. The minimum Gasteiger partial charge on any atom is -0.323 e. The molecule has 0 fully saturated rings.